The normalized spacial score (nSPS) is 10.5. The van der Waals surface area contributed by atoms with Crippen LogP contribution in [0.3, 0.4) is 0 Å². The lowest BCUT2D eigenvalue weighted by atomic mass is 10.1. The van der Waals surface area contributed by atoms with Crippen LogP contribution < -0.4 is 5.32 Å². The minimum absolute atomic E-state index is 0.174. The van der Waals surface area contributed by atoms with Crippen molar-refractivity contribution in [3.63, 3.8) is 0 Å². The third kappa shape index (κ3) is 2.04. The number of amides is 1. The first-order valence-corrected chi connectivity index (χ1v) is 5.26. The molecule has 5 heteroatoms. The SMILES string of the molecule is C=CCNC(=O)c1cc(C)nc2onc(C)c12. The highest BCUT2D eigenvalue weighted by molar-refractivity contribution is 6.06. The molecule has 2 heterocycles. The van der Waals surface area contributed by atoms with Crippen molar-refractivity contribution in [3.05, 3.63) is 35.7 Å². The van der Waals surface area contributed by atoms with E-state index in [1.165, 1.54) is 0 Å². The Hall–Kier alpha value is -2.17. The second-order valence-corrected chi connectivity index (χ2v) is 3.76. The monoisotopic (exact) mass is 231 g/mol. The van der Waals surface area contributed by atoms with E-state index in [2.05, 4.69) is 22.0 Å². The first-order chi connectivity index (χ1) is 8.13. The lowest BCUT2D eigenvalue weighted by Gasteiger charge is -2.04. The molecule has 1 amide bonds. The Morgan fingerprint density at radius 2 is 2.35 bits per heavy atom. The molecule has 0 radical (unpaired) electrons. The molecule has 0 saturated heterocycles. The van der Waals surface area contributed by atoms with Gasteiger partial charge in [0.25, 0.3) is 11.6 Å². The number of pyridine rings is 1. The van der Waals surface area contributed by atoms with Gasteiger partial charge in [0.1, 0.15) is 0 Å². The topological polar surface area (TPSA) is 68.0 Å². The van der Waals surface area contributed by atoms with Gasteiger partial charge in [0, 0.05) is 12.2 Å². The molecule has 1 N–H and O–H groups in total. The predicted molar refractivity (Wildman–Crippen MR) is 63.8 cm³/mol. The molecule has 0 unspecified atom stereocenters. The zero-order valence-corrected chi connectivity index (χ0v) is 9.78. The lowest BCUT2D eigenvalue weighted by molar-refractivity contribution is 0.0959. The van der Waals surface area contributed by atoms with E-state index in [-0.39, 0.29) is 5.91 Å². The van der Waals surface area contributed by atoms with Gasteiger partial charge in [-0.25, -0.2) is 4.98 Å². The summed E-state index contributed by atoms with van der Waals surface area (Å²) in [5.41, 5.74) is 2.31. The third-order valence-corrected chi connectivity index (χ3v) is 2.40. The average Bonchev–Trinajstić information content (AvgIpc) is 2.66. The maximum absolute atomic E-state index is 12.0. The summed E-state index contributed by atoms with van der Waals surface area (Å²) in [6.07, 6.45) is 1.63. The van der Waals surface area contributed by atoms with Crippen LogP contribution in [0.25, 0.3) is 11.1 Å². The Balaban J connectivity index is 2.54. The van der Waals surface area contributed by atoms with Gasteiger partial charge in [-0.1, -0.05) is 11.2 Å². The number of nitrogens with one attached hydrogen (secondary N) is 1. The molecule has 0 saturated carbocycles. The van der Waals surface area contributed by atoms with Crippen molar-refractivity contribution in [3.8, 4) is 0 Å². The second kappa shape index (κ2) is 4.37. The summed E-state index contributed by atoms with van der Waals surface area (Å²) in [5.74, 6) is -0.174. The van der Waals surface area contributed by atoms with Gasteiger partial charge < -0.3 is 9.84 Å². The second-order valence-electron chi connectivity index (χ2n) is 3.76. The summed E-state index contributed by atoms with van der Waals surface area (Å²) in [6.45, 7) is 7.57. The van der Waals surface area contributed by atoms with Crippen molar-refractivity contribution in [2.75, 3.05) is 6.54 Å². The largest absolute Gasteiger partial charge is 0.349 e. The Labute approximate surface area is 98.5 Å². The number of carbonyl (C=O) groups excluding carboxylic acids is 1. The van der Waals surface area contributed by atoms with Crippen molar-refractivity contribution in [2.24, 2.45) is 0 Å². The van der Waals surface area contributed by atoms with Crippen molar-refractivity contribution >= 4 is 17.0 Å². The Morgan fingerprint density at radius 3 is 3.06 bits per heavy atom. The first-order valence-electron chi connectivity index (χ1n) is 5.26. The van der Waals surface area contributed by atoms with Crippen LogP contribution in [0.15, 0.2) is 23.2 Å². The standard InChI is InChI=1S/C12H13N3O2/c1-4-5-13-11(16)9-6-7(2)14-12-10(9)8(3)15-17-12/h4,6H,1,5H2,2-3H3,(H,13,16). The molecule has 0 aliphatic heterocycles. The highest BCUT2D eigenvalue weighted by Crippen LogP contribution is 2.21. The highest BCUT2D eigenvalue weighted by atomic mass is 16.5. The van der Waals surface area contributed by atoms with Gasteiger partial charge in [0.2, 0.25) is 0 Å². The van der Waals surface area contributed by atoms with Crippen molar-refractivity contribution < 1.29 is 9.32 Å². The van der Waals surface area contributed by atoms with Crippen LogP contribution in [0.5, 0.6) is 0 Å². The number of hydrogen-bond acceptors (Lipinski definition) is 4. The van der Waals surface area contributed by atoms with Gasteiger partial charge in [-0.2, -0.15) is 0 Å². The molecule has 0 aliphatic carbocycles. The van der Waals surface area contributed by atoms with E-state index in [4.69, 9.17) is 4.52 Å². The van der Waals surface area contributed by atoms with Crippen LogP contribution in [0.2, 0.25) is 0 Å². The lowest BCUT2D eigenvalue weighted by Crippen LogP contribution is -2.23. The third-order valence-electron chi connectivity index (χ3n) is 2.40. The number of nitrogens with zero attached hydrogens (tertiary/aromatic N) is 2. The Kier molecular flexibility index (Phi) is 2.91. The molecule has 2 rings (SSSR count). The number of aromatic nitrogens is 2. The van der Waals surface area contributed by atoms with E-state index in [1.807, 2.05) is 6.92 Å². The van der Waals surface area contributed by atoms with Crippen LogP contribution in [0.4, 0.5) is 0 Å². The maximum atomic E-state index is 12.0. The van der Waals surface area contributed by atoms with Crippen LogP contribution in [-0.4, -0.2) is 22.6 Å². The molecule has 2 aromatic heterocycles. The van der Waals surface area contributed by atoms with Gasteiger partial charge in [-0.3, -0.25) is 4.79 Å². The fourth-order valence-corrected chi connectivity index (χ4v) is 1.66. The zero-order valence-electron chi connectivity index (χ0n) is 9.78. The fourth-order valence-electron chi connectivity index (χ4n) is 1.66. The molecule has 0 atom stereocenters. The molecule has 0 aliphatic rings. The summed E-state index contributed by atoms with van der Waals surface area (Å²) in [5, 5.41) is 7.22. The molecule has 0 aromatic carbocycles. The summed E-state index contributed by atoms with van der Waals surface area (Å²) >= 11 is 0. The van der Waals surface area contributed by atoms with Gasteiger partial charge >= 0.3 is 0 Å². The van der Waals surface area contributed by atoms with Crippen LogP contribution >= 0.6 is 0 Å². The predicted octanol–water partition coefficient (Wildman–Crippen LogP) is 1.76. The van der Waals surface area contributed by atoms with E-state index in [1.54, 1.807) is 19.1 Å². The van der Waals surface area contributed by atoms with Crippen molar-refractivity contribution in [1.29, 1.82) is 0 Å². The van der Waals surface area contributed by atoms with Crippen LogP contribution in [0.1, 0.15) is 21.7 Å². The van der Waals surface area contributed by atoms with Crippen LogP contribution in [0, 0.1) is 13.8 Å². The maximum Gasteiger partial charge on any atom is 0.258 e. The summed E-state index contributed by atoms with van der Waals surface area (Å²) in [4.78, 5) is 16.2. The van der Waals surface area contributed by atoms with Gasteiger partial charge in [-0.15, -0.1) is 6.58 Å². The smallest absolute Gasteiger partial charge is 0.258 e. The molecule has 88 valence electrons. The van der Waals surface area contributed by atoms with E-state index >= 15 is 0 Å². The number of hydrogen-bond donors (Lipinski definition) is 1. The first kappa shape index (κ1) is 11.3. The zero-order chi connectivity index (χ0) is 12.4. The summed E-state index contributed by atoms with van der Waals surface area (Å²) in [6, 6.07) is 1.73. The van der Waals surface area contributed by atoms with E-state index in [9.17, 15) is 4.79 Å². The minimum atomic E-state index is -0.174. The summed E-state index contributed by atoms with van der Waals surface area (Å²) < 4.78 is 5.06. The quantitative estimate of drug-likeness (QED) is 0.817. The highest BCUT2D eigenvalue weighted by Gasteiger charge is 2.16. The molecular weight excluding hydrogens is 218 g/mol. The number of fused-ring (bicyclic) bond motifs is 1. The Bertz CT molecular complexity index is 587. The minimum Gasteiger partial charge on any atom is -0.349 e. The Morgan fingerprint density at radius 1 is 1.59 bits per heavy atom. The van der Waals surface area contributed by atoms with Gasteiger partial charge in [0.15, 0.2) is 0 Å². The number of carbonyl (C=O) groups is 1. The molecule has 0 fully saturated rings. The average molecular weight is 231 g/mol. The molecule has 0 spiro atoms. The summed E-state index contributed by atoms with van der Waals surface area (Å²) in [7, 11) is 0. The van der Waals surface area contributed by atoms with E-state index in [0.29, 0.717) is 28.9 Å². The molecule has 2 aromatic rings. The number of rotatable bonds is 3. The molecule has 17 heavy (non-hydrogen) atoms. The van der Waals surface area contributed by atoms with Crippen LogP contribution in [-0.2, 0) is 0 Å². The van der Waals surface area contributed by atoms with Gasteiger partial charge in [0.05, 0.1) is 16.6 Å². The van der Waals surface area contributed by atoms with Gasteiger partial charge in [-0.05, 0) is 19.9 Å². The fraction of sp³-hybridized carbons (Fsp3) is 0.250. The van der Waals surface area contributed by atoms with Crippen molar-refractivity contribution in [1.82, 2.24) is 15.5 Å². The van der Waals surface area contributed by atoms with Crippen molar-refractivity contribution in [2.45, 2.75) is 13.8 Å². The molecule has 5 nitrogen and oxygen atoms in total. The molecule has 0 bridgehead atoms. The number of aryl methyl sites for hydroxylation is 2. The molecular formula is C12H13N3O2. The van der Waals surface area contributed by atoms with E-state index in [0.717, 1.165) is 5.69 Å². The van der Waals surface area contributed by atoms with E-state index < -0.39 is 0 Å².